The second-order valence-electron chi connectivity index (χ2n) is 5.02. The molecule has 0 fully saturated rings. The number of anilines is 1. The maximum atomic E-state index is 13.8. The van der Waals surface area contributed by atoms with Crippen LogP contribution in [0.5, 0.6) is 0 Å². The molecule has 1 aliphatic rings. The summed E-state index contributed by atoms with van der Waals surface area (Å²) in [4.78, 5) is 0.837. The molecule has 1 atom stereocenters. The Kier molecular flexibility index (Phi) is 3.67. The standard InChI is InChI=1S/C15H14FNO2S2/c16-13-8-11(17)5-6-15(13)21(18,19)9-12-7-10-3-1-2-4-14(10)20-12/h1-6,8,12H,7,9,17H2. The summed E-state index contributed by atoms with van der Waals surface area (Å²) in [5.41, 5.74) is 6.82. The van der Waals surface area contributed by atoms with E-state index in [2.05, 4.69) is 0 Å². The molecular weight excluding hydrogens is 309 g/mol. The predicted octanol–water partition coefficient (Wildman–Crippen LogP) is 2.90. The van der Waals surface area contributed by atoms with Gasteiger partial charge in [0.15, 0.2) is 9.84 Å². The summed E-state index contributed by atoms with van der Waals surface area (Å²) < 4.78 is 38.6. The van der Waals surface area contributed by atoms with E-state index in [1.165, 1.54) is 12.1 Å². The van der Waals surface area contributed by atoms with Gasteiger partial charge in [-0.05, 0) is 36.2 Å². The van der Waals surface area contributed by atoms with Gasteiger partial charge >= 0.3 is 0 Å². The van der Waals surface area contributed by atoms with E-state index in [1.54, 1.807) is 11.8 Å². The van der Waals surface area contributed by atoms with E-state index in [1.807, 2.05) is 24.3 Å². The van der Waals surface area contributed by atoms with Gasteiger partial charge in [-0.15, -0.1) is 11.8 Å². The molecule has 0 radical (unpaired) electrons. The summed E-state index contributed by atoms with van der Waals surface area (Å²) in [5, 5.41) is -0.0793. The molecule has 0 saturated heterocycles. The first-order chi connectivity index (χ1) is 9.95. The lowest BCUT2D eigenvalue weighted by molar-refractivity contribution is 0.566. The number of thioether (sulfide) groups is 1. The third-order valence-corrected chi connectivity index (χ3v) is 6.78. The molecule has 1 heterocycles. The monoisotopic (exact) mass is 323 g/mol. The van der Waals surface area contributed by atoms with E-state index in [-0.39, 0.29) is 21.6 Å². The molecular formula is C15H14FNO2S2. The fourth-order valence-electron chi connectivity index (χ4n) is 2.45. The van der Waals surface area contributed by atoms with E-state index in [4.69, 9.17) is 5.73 Å². The zero-order valence-electron chi connectivity index (χ0n) is 11.1. The molecule has 1 unspecified atom stereocenters. The zero-order valence-corrected chi connectivity index (χ0v) is 12.8. The van der Waals surface area contributed by atoms with Crippen LogP contribution in [0.4, 0.5) is 10.1 Å². The van der Waals surface area contributed by atoms with Gasteiger partial charge in [0.05, 0.1) is 5.75 Å². The van der Waals surface area contributed by atoms with Crippen LogP contribution in [0.25, 0.3) is 0 Å². The summed E-state index contributed by atoms with van der Waals surface area (Å²) in [5.74, 6) is -0.858. The molecule has 0 aliphatic carbocycles. The van der Waals surface area contributed by atoms with Gasteiger partial charge in [0.2, 0.25) is 0 Å². The number of sulfone groups is 1. The number of nitrogens with two attached hydrogens (primary N) is 1. The lowest BCUT2D eigenvalue weighted by atomic mass is 10.1. The Labute approximate surface area is 127 Å². The van der Waals surface area contributed by atoms with E-state index in [9.17, 15) is 12.8 Å². The molecule has 0 saturated carbocycles. The Morgan fingerprint density at radius 1 is 1.24 bits per heavy atom. The molecule has 2 aromatic rings. The van der Waals surface area contributed by atoms with Crippen molar-refractivity contribution in [2.75, 3.05) is 11.5 Å². The van der Waals surface area contributed by atoms with Gasteiger partial charge in [-0.2, -0.15) is 0 Å². The first kappa shape index (κ1) is 14.4. The number of hydrogen-bond donors (Lipinski definition) is 1. The van der Waals surface area contributed by atoms with Crippen molar-refractivity contribution in [1.29, 1.82) is 0 Å². The third-order valence-electron chi connectivity index (χ3n) is 3.41. The van der Waals surface area contributed by atoms with Gasteiger partial charge in [-0.3, -0.25) is 0 Å². The lowest BCUT2D eigenvalue weighted by Crippen LogP contribution is -2.19. The van der Waals surface area contributed by atoms with Crippen LogP contribution in [-0.2, 0) is 16.3 Å². The molecule has 2 aromatic carbocycles. The van der Waals surface area contributed by atoms with Gasteiger partial charge in [0.1, 0.15) is 10.7 Å². The number of benzene rings is 2. The summed E-state index contributed by atoms with van der Waals surface area (Å²) in [7, 11) is -3.66. The first-order valence-electron chi connectivity index (χ1n) is 6.48. The molecule has 2 N–H and O–H groups in total. The highest BCUT2D eigenvalue weighted by Gasteiger charge is 2.29. The second-order valence-corrected chi connectivity index (χ2v) is 8.37. The third kappa shape index (κ3) is 2.91. The van der Waals surface area contributed by atoms with Crippen LogP contribution >= 0.6 is 11.8 Å². The summed E-state index contributed by atoms with van der Waals surface area (Å²) >= 11 is 1.54. The van der Waals surface area contributed by atoms with Crippen LogP contribution in [0.1, 0.15) is 5.56 Å². The summed E-state index contributed by atoms with van der Waals surface area (Å²) in [6.07, 6.45) is 0.691. The van der Waals surface area contributed by atoms with E-state index in [0.29, 0.717) is 6.42 Å². The summed E-state index contributed by atoms with van der Waals surface area (Å²) in [6.45, 7) is 0. The van der Waals surface area contributed by atoms with Crippen molar-refractivity contribution in [3.63, 3.8) is 0 Å². The highest BCUT2D eigenvalue weighted by molar-refractivity contribution is 8.01. The smallest absolute Gasteiger partial charge is 0.182 e. The molecule has 0 amide bonds. The zero-order chi connectivity index (χ0) is 15.0. The van der Waals surface area contributed by atoms with Gasteiger partial charge in [0, 0.05) is 15.8 Å². The van der Waals surface area contributed by atoms with Crippen LogP contribution in [0.3, 0.4) is 0 Å². The van der Waals surface area contributed by atoms with Crippen LogP contribution in [-0.4, -0.2) is 19.4 Å². The molecule has 0 bridgehead atoms. The molecule has 0 spiro atoms. The minimum atomic E-state index is -3.66. The topological polar surface area (TPSA) is 60.2 Å². The number of halogens is 1. The van der Waals surface area contributed by atoms with Crippen molar-refractivity contribution < 1.29 is 12.8 Å². The average Bonchev–Trinajstić information content (AvgIpc) is 2.79. The highest BCUT2D eigenvalue weighted by atomic mass is 32.2. The number of hydrogen-bond acceptors (Lipinski definition) is 4. The van der Waals surface area contributed by atoms with Crippen LogP contribution < -0.4 is 5.73 Å². The van der Waals surface area contributed by atoms with Crippen molar-refractivity contribution in [2.45, 2.75) is 21.5 Å². The maximum Gasteiger partial charge on any atom is 0.182 e. The minimum Gasteiger partial charge on any atom is -0.399 e. The van der Waals surface area contributed by atoms with E-state index in [0.717, 1.165) is 16.5 Å². The number of nitrogen functional groups attached to an aromatic ring is 1. The van der Waals surface area contributed by atoms with Crippen molar-refractivity contribution >= 4 is 27.3 Å². The molecule has 21 heavy (non-hydrogen) atoms. The predicted molar refractivity (Wildman–Crippen MR) is 82.7 cm³/mol. The molecule has 3 nitrogen and oxygen atoms in total. The van der Waals surface area contributed by atoms with Gasteiger partial charge in [0.25, 0.3) is 0 Å². The van der Waals surface area contributed by atoms with Gasteiger partial charge in [-0.1, -0.05) is 18.2 Å². The Bertz CT molecular complexity index is 765. The SMILES string of the molecule is Nc1ccc(S(=O)(=O)CC2Cc3ccccc3S2)c(F)c1. The Hall–Kier alpha value is -1.53. The summed E-state index contributed by atoms with van der Waals surface area (Å²) in [6, 6.07) is 11.6. The van der Waals surface area contributed by atoms with Gasteiger partial charge in [-0.25, -0.2) is 12.8 Å². The first-order valence-corrected chi connectivity index (χ1v) is 9.01. The van der Waals surface area contributed by atoms with E-state index >= 15 is 0 Å². The largest absolute Gasteiger partial charge is 0.399 e. The highest BCUT2D eigenvalue weighted by Crippen LogP contribution is 2.38. The molecule has 0 aromatic heterocycles. The van der Waals surface area contributed by atoms with Crippen molar-refractivity contribution in [1.82, 2.24) is 0 Å². The second kappa shape index (κ2) is 5.35. The Balaban J connectivity index is 1.82. The van der Waals surface area contributed by atoms with Crippen molar-refractivity contribution in [3.05, 3.63) is 53.8 Å². The van der Waals surface area contributed by atoms with Crippen LogP contribution in [0.2, 0.25) is 0 Å². The van der Waals surface area contributed by atoms with Crippen molar-refractivity contribution in [3.8, 4) is 0 Å². The molecule has 110 valence electrons. The van der Waals surface area contributed by atoms with Crippen LogP contribution in [0, 0.1) is 5.82 Å². The Morgan fingerprint density at radius 3 is 2.71 bits per heavy atom. The minimum absolute atomic E-state index is 0.0762. The number of rotatable bonds is 3. The van der Waals surface area contributed by atoms with Crippen molar-refractivity contribution in [2.24, 2.45) is 0 Å². The Morgan fingerprint density at radius 2 is 2.00 bits per heavy atom. The lowest BCUT2D eigenvalue weighted by Gasteiger charge is -2.10. The quantitative estimate of drug-likeness (QED) is 0.882. The molecule has 6 heteroatoms. The van der Waals surface area contributed by atoms with E-state index < -0.39 is 15.7 Å². The fourth-order valence-corrected chi connectivity index (χ4v) is 5.76. The maximum absolute atomic E-state index is 13.8. The molecule has 1 aliphatic heterocycles. The molecule has 3 rings (SSSR count). The average molecular weight is 323 g/mol. The normalized spacial score (nSPS) is 17.7. The number of fused-ring (bicyclic) bond motifs is 1. The van der Waals surface area contributed by atoms with Crippen LogP contribution in [0.15, 0.2) is 52.3 Å². The van der Waals surface area contributed by atoms with Gasteiger partial charge < -0.3 is 5.73 Å². The fraction of sp³-hybridized carbons (Fsp3) is 0.200.